The fraction of sp³-hybridized carbons (Fsp3) is 0.875. The number of rotatable bonds is 6. The van der Waals surface area contributed by atoms with E-state index in [0.29, 0.717) is 18.8 Å². The van der Waals surface area contributed by atoms with Gasteiger partial charge in [-0.05, 0) is 69.1 Å². The highest BCUT2D eigenvalue weighted by Gasteiger charge is 2.41. The normalized spacial score (nSPS) is 30.2. The Kier molecular flexibility index (Phi) is 3.99. The lowest BCUT2D eigenvalue weighted by molar-refractivity contribution is -0.144. The minimum Gasteiger partial charge on any atom is -0.481 e. The van der Waals surface area contributed by atoms with Crippen molar-refractivity contribution in [2.45, 2.75) is 51.4 Å². The number of nitrogens with one attached hydrogen (secondary N) is 1. The SMILES string of the molecule is O=C(O)C1CCC(C(=O)NCC(C2CC2)C2CC2)CC1. The summed E-state index contributed by atoms with van der Waals surface area (Å²) in [4.78, 5) is 23.1. The summed E-state index contributed by atoms with van der Waals surface area (Å²) in [5.74, 6) is 1.73. The van der Waals surface area contributed by atoms with Crippen molar-refractivity contribution in [1.29, 1.82) is 0 Å². The van der Waals surface area contributed by atoms with Crippen molar-refractivity contribution in [3.8, 4) is 0 Å². The van der Waals surface area contributed by atoms with Crippen LogP contribution in [-0.2, 0) is 9.59 Å². The molecule has 3 rings (SSSR count). The van der Waals surface area contributed by atoms with E-state index < -0.39 is 5.97 Å². The summed E-state index contributed by atoms with van der Waals surface area (Å²) in [6.07, 6.45) is 8.17. The molecule has 0 radical (unpaired) electrons. The number of carboxylic acids is 1. The first-order chi connectivity index (χ1) is 9.65. The first kappa shape index (κ1) is 13.9. The lowest BCUT2D eigenvalue weighted by Gasteiger charge is -2.26. The predicted molar refractivity (Wildman–Crippen MR) is 75.0 cm³/mol. The maximum Gasteiger partial charge on any atom is 0.306 e. The Balaban J connectivity index is 1.41. The van der Waals surface area contributed by atoms with Crippen molar-refractivity contribution in [2.75, 3.05) is 6.54 Å². The fourth-order valence-electron chi connectivity index (χ4n) is 3.73. The zero-order chi connectivity index (χ0) is 14.1. The minimum absolute atomic E-state index is 0.0460. The van der Waals surface area contributed by atoms with E-state index in [1.165, 1.54) is 25.7 Å². The van der Waals surface area contributed by atoms with Crippen molar-refractivity contribution in [3.05, 3.63) is 0 Å². The number of hydrogen-bond donors (Lipinski definition) is 2. The molecule has 4 heteroatoms. The Hall–Kier alpha value is -1.06. The van der Waals surface area contributed by atoms with Crippen LogP contribution in [0.15, 0.2) is 0 Å². The number of hydrogen-bond acceptors (Lipinski definition) is 2. The molecule has 0 bridgehead atoms. The average Bonchev–Trinajstić information content (AvgIpc) is 3.32. The van der Waals surface area contributed by atoms with Crippen molar-refractivity contribution < 1.29 is 14.7 Å². The summed E-state index contributed by atoms with van der Waals surface area (Å²) >= 11 is 0. The molecule has 3 fully saturated rings. The van der Waals surface area contributed by atoms with E-state index in [0.717, 1.165) is 31.2 Å². The monoisotopic (exact) mass is 279 g/mol. The zero-order valence-electron chi connectivity index (χ0n) is 12.0. The maximum absolute atomic E-state index is 12.2. The summed E-state index contributed by atoms with van der Waals surface area (Å²) in [6, 6.07) is 0. The van der Waals surface area contributed by atoms with Gasteiger partial charge in [0.15, 0.2) is 0 Å². The molecule has 0 atom stereocenters. The molecule has 0 aromatic heterocycles. The van der Waals surface area contributed by atoms with Crippen molar-refractivity contribution in [3.63, 3.8) is 0 Å². The van der Waals surface area contributed by atoms with Gasteiger partial charge in [0.05, 0.1) is 5.92 Å². The lowest BCUT2D eigenvalue weighted by atomic mass is 9.81. The highest BCUT2D eigenvalue weighted by atomic mass is 16.4. The summed E-state index contributed by atoms with van der Waals surface area (Å²) in [6.45, 7) is 0.854. The van der Waals surface area contributed by atoms with E-state index >= 15 is 0 Å². The van der Waals surface area contributed by atoms with Crippen LogP contribution >= 0.6 is 0 Å². The first-order valence-electron chi connectivity index (χ1n) is 8.15. The van der Waals surface area contributed by atoms with Gasteiger partial charge < -0.3 is 10.4 Å². The average molecular weight is 279 g/mol. The molecule has 0 aliphatic heterocycles. The minimum atomic E-state index is -0.702. The van der Waals surface area contributed by atoms with Gasteiger partial charge in [0.1, 0.15) is 0 Å². The van der Waals surface area contributed by atoms with Gasteiger partial charge in [-0.2, -0.15) is 0 Å². The van der Waals surface area contributed by atoms with E-state index in [1.807, 2.05) is 0 Å². The molecule has 3 aliphatic carbocycles. The molecular weight excluding hydrogens is 254 g/mol. The third-order valence-corrected chi connectivity index (χ3v) is 5.41. The van der Waals surface area contributed by atoms with Crippen LogP contribution in [0.1, 0.15) is 51.4 Å². The predicted octanol–water partition coefficient (Wildman–Crippen LogP) is 2.43. The molecule has 20 heavy (non-hydrogen) atoms. The quantitative estimate of drug-likeness (QED) is 0.784. The van der Waals surface area contributed by atoms with Gasteiger partial charge in [-0.1, -0.05) is 0 Å². The lowest BCUT2D eigenvalue weighted by Crippen LogP contribution is -2.37. The van der Waals surface area contributed by atoms with Gasteiger partial charge in [-0.25, -0.2) is 0 Å². The molecule has 3 saturated carbocycles. The molecule has 0 spiro atoms. The molecule has 0 saturated heterocycles. The highest BCUT2D eigenvalue weighted by Crippen LogP contribution is 2.48. The zero-order valence-corrected chi connectivity index (χ0v) is 12.0. The molecule has 0 aromatic rings. The van der Waals surface area contributed by atoms with Gasteiger partial charge in [-0.15, -0.1) is 0 Å². The number of aliphatic carboxylic acids is 1. The summed E-state index contributed by atoms with van der Waals surface area (Å²) in [7, 11) is 0. The highest BCUT2D eigenvalue weighted by molar-refractivity contribution is 5.79. The van der Waals surface area contributed by atoms with Gasteiger partial charge in [0, 0.05) is 12.5 Å². The Morgan fingerprint density at radius 1 is 0.900 bits per heavy atom. The van der Waals surface area contributed by atoms with Gasteiger partial charge in [-0.3, -0.25) is 9.59 Å². The van der Waals surface area contributed by atoms with Crippen molar-refractivity contribution in [1.82, 2.24) is 5.32 Å². The standard InChI is InChI=1S/C16H25NO3/c18-15(12-5-7-13(8-6-12)16(19)20)17-9-14(10-1-2-10)11-3-4-11/h10-14H,1-9H2,(H,17,18)(H,19,20). The van der Waals surface area contributed by atoms with E-state index in [9.17, 15) is 9.59 Å². The largest absolute Gasteiger partial charge is 0.481 e. The molecular formula is C16H25NO3. The molecule has 0 aromatic carbocycles. The second kappa shape index (κ2) is 5.74. The second-order valence-electron chi connectivity index (χ2n) is 6.97. The number of amides is 1. The van der Waals surface area contributed by atoms with Crippen LogP contribution in [0.2, 0.25) is 0 Å². The molecule has 0 heterocycles. The first-order valence-corrected chi connectivity index (χ1v) is 8.15. The molecule has 2 N–H and O–H groups in total. The number of carbonyl (C=O) groups excluding carboxylic acids is 1. The molecule has 3 aliphatic rings. The second-order valence-corrected chi connectivity index (χ2v) is 6.97. The topological polar surface area (TPSA) is 66.4 Å². The van der Waals surface area contributed by atoms with Crippen LogP contribution in [0.3, 0.4) is 0 Å². The van der Waals surface area contributed by atoms with E-state index in [2.05, 4.69) is 5.32 Å². The summed E-state index contributed by atoms with van der Waals surface area (Å²) in [5, 5.41) is 12.1. The third-order valence-electron chi connectivity index (χ3n) is 5.41. The maximum atomic E-state index is 12.2. The van der Waals surface area contributed by atoms with Crippen molar-refractivity contribution >= 4 is 11.9 Å². The molecule has 112 valence electrons. The Morgan fingerprint density at radius 2 is 1.40 bits per heavy atom. The van der Waals surface area contributed by atoms with Crippen LogP contribution in [-0.4, -0.2) is 23.5 Å². The van der Waals surface area contributed by atoms with Crippen LogP contribution < -0.4 is 5.32 Å². The van der Waals surface area contributed by atoms with Crippen LogP contribution in [0, 0.1) is 29.6 Å². The summed E-state index contributed by atoms with van der Waals surface area (Å²) < 4.78 is 0. The van der Waals surface area contributed by atoms with Gasteiger partial charge >= 0.3 is 5.97 Å². The van der Waals surface area contributed by atoms with Crippen molar-refractivity contribution in [2.24, 2.45) is 29.6 Å². The molecule has 4 nitrogen and oxygen atoms in total. The Labute approximate surface area is 120 Å². The van der Waals surface area contributed by atoms with Crippen LogP contribution in [0.25, 0.3) is 0 Å². The van der Waals surface area contributed by atoms with Crippen LogP contribution in [0.5, 0.6) is 0 Å². The Morgan fingerprint density at radius 3 is 1.85 bits per heavy atom. The Bertz CT molecular complexity index is 367. The van der Waals surface area contributed by atoms with E-state index in [4.69, 9.17) is 5.11 Å². The van der Waals surface area contributed by atoms with Gasteiger partial charge in [0.2, 0.25) is 5.91 Å². The van der Waals surface area contributed by atoms with Crippen LogP contribution in [0.4, 0.5) is 0 Å². The summed E-state index contributed by atoms with van der Waals surface area (Å²) in [5.41, 5.74) is 0. The van der Waals surface area contributed by atoms with E-state index in [1.54, 1.807) is 0 Å². The van der Waals surface area contributed by atoms with Gasteiger partial charge in [0.25, 0.3) is 0 Å². The molecule has 0 unspecified atom stereocenters. The molecule has 1 amide bonds. The third kappa shape index (κ3) is 3.33. The van der Waals surface area contributed by atoms with E-state index in [-0.39, 0.29) is 17.7 Å². The number of carbonyl (C=O) groups is 2. The fourth-order valence-corrected chi connectivity index (χ4v) is 3.73. The number of carboxylic acid groups (broad SMARTS) is 1. The smallest absolute Gasteiger partial charge is 0.306 e.